The van der Waals surface area contributed by atoms with E-state index in [4.69, 9.17) is 9.97 Å². The fraction of sp³-hybridized carbons (Fsp3) is 0.259. The van der Waals surface area contributed by atoms with Gasteiger partial charge in [-0.25, -0.2) is 0 Å². The third kappa shape index (κ3) is 3.67. The van der Waals surface area contributed by atoms with Gasteiger partial charge in [-0.15, -0.1) is 0 Å². The molecule has 0 saturated carbocycles. The molecule has 146 valence electrons. The van der Waals surface area contributed by atoms with E-state index < -0.39 is 0 Å². The molecule has 0 bridgehead atoms. The Kier molecular flexibility index (Phi) is 5.44. The van der Waals surface area contributed by atoms with Crippen molar-refractivity contribution >= 4 is 27.4 Å². The summed E-state index contributed by atoms with van der Waals surface area (Å²) < 4.78 is 0. The van der Waals surface area contributed by atoms with E-state index in [2.05, 4.69) is 88.4 Å². The number of nitrogens with zero attached hydrogens (tertiary/aromatic N) is 2. The third-order valence-corrected chi connectivity index (χ3v) is 5.59. The molecule has 2 heteroatoms. The maximum absolute atomic E-state index is 4.95. The lowest BCUT2D eigenvalue weighted by Gasteiger charge is -2.15. The smallest absolute Gasteiger partial charge is 0.0974 e. The van der Waals surface area contributed by atoms with E-state index in [1.165, 1.54) is 40.5 Å². The second-order valence-electron chi connectivity index (χ2n) is 7.76. The lowest BCUT2D eigenvalue weighted by Crippen LogP contribution is -1.96. The fourth-order valence-electron chi connectivity index (χ4n) is 4.16. The van der Waals surface area contributed by atoms with E-state index in [0.29, 0.717) is 0 Å². The molecule has 4 aromatic rings. The van der Waals surface area contributed by atoms with Crippen molar-refractivity contribution in [1.29, 1.82) is 0 Å². The molecule has 29 heavy (non-hydrogen) atoms. The Labute approximate surface area is 173 Å². The van der Waals surface area contributed by atoms with Gasteiger partial charge in [-0.05, 0) is 68.0 Å². The van der Waals surface area contributed by atoms with E-state index in [1.54, 1.807) is 0 Å². The number of hydrogen-bond donors (Lipinski definition) is 0. The first-order valence-electron chi connectivity index (χ1n) is 10.5. The number of fused-ring (bicyclic) bond motifs is 3. The lowest BCUT2D eigenvalue weighted by atomic mass is 9.93. The van der Waals surface area contributed by atoms with Gasteiger partial charge in [-0.2, -0.15) is 0 Å². The van der Waals surface area contributed by atoms with Crippen molar-refractivity contribution in [3.63, 3.8) is 0 Å². The first-order chi connectivity index (χ1) is 14.1. The van der Waals surface area contributed by atoms with E-state index >= 15 is 0 Å². The van der Waals surface area contributed by atoms with Gasteiger partial charge in [0.1, 0.15) is 0 Å². The summed E-state index contributed by atoms with van der Waals surface area (Å²) in [5.41, 5.74) is 9.20. The number of unbranched alkanes of at least 4 members (excludes halogenated alkanes) is 1. The minimum Gasteiger partial charge on any atom is -0.251 e. The first kappa shape index (κ1) is 19.3. The van der Waals surface area contributed by atoms with Crippen LogP contribution >= 0.6 is 0 Å². The average molecular weight is 381 g/mol. The minimum absolute atomic E-state index is 0.997. The van der Waals surface area contributed by atoms with Crippen molar-refractivity contribution in [1.82, 2.24) is 9.97 Å². The molecule has 0 amide bonds. The molecule has 0 atom stereocenters. The molecule has 2 nitrogen and oxygen atoms in total. The fourth-order valence-corrected chi connectivity index (χ4v) is 4.16. The zero-order valence-electron chi connectivity index (χ0n) is 17.8. The van der Waals surface area contributed by atoms with Gasteiger partial charge in [0.15, 0.2) is 0 Å². The number of aryl methyl sites for hydroxylation is 2. The molecule has 0 N–H and O–H groups in total. The summed E-state index contributed by atoms with van der Waals surface area (Å²) >= 11 is 0. The standard InChI is InChI=1S/C27H28N2/c1-5-7-11-20(6-2)24-16-18(3)28-26-22(24)14-15-23-25(17-19(4)29-27(23)26)21-12-9-8-10-13-21/h6,8-10,12-17H,5,7,11H2,1-4H3/b20-6+. The minimum atomic E-state index is 0.997. The zero-order chi connectivity index (χ0) is 20.4. The first-order valence-corrected chi connectivity index (χ1v) is 10.5. The van der Waals surface area contributed by atoms with Crippen molar-refractivity contribution < 1.29 is 0 Å². The Morgan fingerprint density at radius 3 is 2.21 bits per heavy atom. The van der Waals surface area contributed by atoms with Crippen LogP contribution in [0.1, 0.15) is 50.1 Å². The lowest BCUT2D eigenvalue weighted by molar-refractivity contribution is 0.824. The van der Waals surface area contributed by atoms with Crippen LogP contribution in [0, 0.1) is 13.8 Å². The van der Waals surface area contributed by atoms with E-state index in [9.17, 15) is 0 Å². The Balaban J connectivity index is 2.03. The normalized spacial score (nSPS) is 12.1. The highest BCUT2D eigenvalue weighted by molar-refractivity contribution is 6.10. The Hall–Kier alpha value is -3.00. The number of rotatable bonds is 5. The Morgan fingerprint density at radius 2 is 1.52 bits per heavy atom. The van der Waals surface area contributed by atoms with E-state index in [0.717, 1.165) is 34.2 Å². The Bertz CT molecular complexity index is 1200. The zero-order valence-corrected chi connectivity index (χ0v) is 17.8. The summed E-state index contributed by atoms with van der Waals surface area (Å²) in [7, 11) is 0. The summed E-state index contributed by atoms with van der Waals surface area (Å²) in [6.45, 7) is 8.54. The number of benzene rings is 2. The quantitative estimate of drug-likeness (QED) is 0.332. The topological polar surface area (TPSA) is 25.8 Å². The largest absolute Gasteiger partial charge is 0.251 e. The summed E-state index contributed by atoms with van der Waals surface area (Å²) in [5.74, 6) is 0. The second kappa shape index (κ2) is 8.16. The molecule has 0 fully saturated rings. The monoisotopic (exact) mass is 380 g/mol. The van der Waals surface area contributed by atoms with Crippen LogP contribution < -0.4 is 0 Å². The molecule has 0 unspecified atom stereocenters. The van der Waals surface area contributed by atoms with Gasteiger partial charge in [-0.1, -0.05) is 61.9 Å². The number of aromatic nitrogens is 2. The molecular weight excluding hydrogens is 352 g/mol. The summed E-state index contributed by atoms with van der Waals surface area (Å²) in [4.78, 5) is 9.89. The molecule has 0 aliphatic heterocycles. The third-order valence-electron chi connectivity index (χ3n) is 5.59. The van der Waals surface area contributed by atoms with Crippen LogP contribution in [0.3, 0.4) is 0 Å². The maximum Gasteiger partial charge on any atom is 0.0974 e. The van der Waals surface area contributed by atoms with E-state index in [-0.39, 0.29) is 0 Å². The molecule has 0 aliphatic rings. The SMILES string of the molecule is C/C=C(\CCCC)c1cc(C)nc2c1ccc1c(-c3ccccc3)cc(C)nc12. The highest BCUT2D eigenvalue weighted by Gasteiger charge is 2.14. The highest BCUT2D eigenvalue weighted by atomic mass is 14.8. The van der Waals surface area contributed by atoms with Crippen LogP contribution in [-0.4, -0.2) is 9.97 Å². The van der Waals surface area contributed by atoms with Crippen molar-refractivity contribution in [3.05, 3.63) is 77.6 Å². The molecule has 0 spiro atoms. The Morgan fingerprint density at radius 1 is 0.862 bits per heavy atom. The van der Waals surface area contributed by atoms with Gasteiger partial charge in [0.2, 0.25) is 0 Å². The molecule has 2 aromatic heterocycles. The highest BCUT2D eigenvalue weighted by Crippen LogP contribution is 2.35. The van der Waals surface area contributed by atoms with Crippen molar-refractivity contribution in [3.8, 4) is 11.1 Å². The molecular formula is C27H28N2. The molecule has 0 radical (unpaired) electrons. The van der Waals surface area contributed by atoms with Crippen LogP contribution in [0.15, 0.2) is 60.7 Å². The van der Waals surface area contributed by atoms with Crippen LogP contribution in [0.4, 0.5) is 0 Å². The molecule has 0 aliphatic carbocycles. The van der Waals surface area contributed by atoms with Gasteiger partial charge in [0.25, 0.3) is 0 Å². The summed E-state index contributed by atoms with van der Waals surface area (Å²) in [6, 6.07) is 19.4. The summed E-state index contributed by atoms with van der Waals surface area (Å²) in [6.07, 6.45) is 5.75. The van der Waals surface area contributed by atoms with Crippen molar-refractivity contribution in [2.75, 3.05) is 0 Å². The van der Waals surface area contributed by atoms with Gasteiger partial charge in [0, 0.05) is 22.2 Å². The van der Waals surface area contributed by atoms with Crippen LogP contribution in [0.2, 0.25) is 0 Å². The van der Waals surface area contributed by atoms with Crippen LogP contribution in [0.25, 0.3) is 38.5 Å². The van der Waals surface area contributed by atoms with Gasteiger partial charge in [-0.3, -0.25) is 9.97 Å². The predicted octanol–water partition coefficient (Wildman–Crippen LogP) is 7.66. The van der Waals surface area contributed by atoms with Gasteiger partial charge >= 0.3 is 0 Å². The maximum atomic E-state index is 4.95. The number of hydrogen-bond acceptors (Lipinski definition) is 2. The second-order valence-corrected chi connectivity index (χ2v) is 7.76. The molecule has 2 heterocycles. The van der Waals surface area contributed by atoms with Crippen LogP contribution in [-0.2, 0) is 0 Å². The van der Waals surface area contributed by atoms with Crippen molar-refractivity contribution in [2.45, 2.75) is 47.0 Å². The van der Waals surface area contributed by atoms with E-state index in [1.807, 2.05) is 0 Å². The molecule has 0 saturated heterocycles. The summed E-state index contributed by atoms with van der Waals surface area (Å²) in [5, 5.41) is 2.36. The number of allylic oxidation sites excluding steroid dienone is 2. The average Bonchev–Trinajstić information content (AvgIpc) is 2.74. The molecule has 2 aromatic carbocycles. The van der Waals surface area contributed by atoms with Gasteiger partial charge < -0.3 is 0 Å². The van der Waals surface area contributed by atoms with Crippen LogP contribution in [0.5, 0.6) is 0 Å². The van der Waals surface area contributed by atoms with Crippen molar-refractivity contribution in [2.24, 2.45) is 0 Å². The van der Waals surface area contributed by atoms with Gasteiger partial charge in [0.05, 0.1) is 11.0 Å². The number of pyridine rings is 2. The molecule has 4 rings (SSSR count). The predicted molar refractivity (Wildman–Crippen MR) is 125 cm³/mol.